The van der Waals surface area contributed by atoms with Crippen LogP contribution in [0.1, 0.15) is 65.7 Å². The second-order valence-corrected chi connectivity index (χ2v) is 4.31. The number of carbonyl (C=O) groups is 2. The number of ketones is 1. The fourth-order valence-corrected chi connectivity index (χ4v) is 1.60. The smallest absolute Gasteiger partial charge is 0.302 e. The van der Waals surface area contributed by atoms with Gasteiger partial charge >= 0.3 is 5.97 Å². The summed E-state index contributed by atoms with van der Waals surface area (Å²) < 4.78 is 5.00. The number of hydrogen-bond donors (Lipinski definition) is 0. The molecule has 3 heteroatoms. The predicted octanol–water partition coefficient (Wildman–Crippen LogP) is 3.26. The Bertz CT molecular complexity index is 211. The van der Waals surface area contributed by atoms with E-state index in [1.165, 1.54) is 6.92 Å². The summed E-state index contributed by atoms with van der Waals surface area (Å²) in [5.74, 6) is 0.133. The van der Waals surface area contributed by atoms with Gasteiger partial charge in [-0.1, -0.05) is 13.3 Å². The van der Waals surface area contributed by atoms with Crippen LogP contribution in [0.25, 0.3) is 0 Å². The van der Waals surface area contributed by atoms with Gasteiger partial charge < -0.3 is 4.74 Å². The number of Topliss-reactive ketones (excluding diaryl/α,β-unsaturated/α-hetero) is 1. The van der Waals surface area contributed by atoms with Gasteiger partial charge in [-0.05, 0) is 32.6 Å². The first-order valence-electron chi connectivity index (χ1n) is 6.25. The van der Waals surface area contributed by atoms with E-state index in [9.17, 15) is 9.59 Å². The Balaban J connectivity index is 3.38. The summed E-state index contributed by atoms with van der Waals surface area (Å²) in [5.41, 5.74) is 0. The van der Waals surface area contributed by atoms with Crippen LogP contribution in [-0.4, -0.2) is 17.9 Å². The molecule has 16 heavy (non-hydrogen) atoms. The van der Waals surface area contributed by atoms with Crippen molar-refractivity contribution in [2.24, 2.45) is 0 Å². The fraction of sp³-hybridized carbons (Fsp3) is 0.846. The highest BCUT2D eigenvalue weighted by Crippen LogP contribution is 2.09. The average molecular weight is 228 g/mol. The van der Waals surface area contributed by atoms with E-state index in [-0.39, 0.29) is 12.1 Å². The van der Waals surface area contributed by atoms with Crippen LogP contribution < -0.4 is 0 Å². The Labute approximate surface area is 98.6 Å². The van der Waals surface area contributed by atoms with E-state index in [2.05, 4.69) is 6.92 Å². The van der Waals surface area contributed by atoms with Gasteiger partial charge in [-0.15, -0.1) is 0 Å². The molecule has 94 valence electrons. The van der Waals surface area contributed by atoms with E-state index in [1.54, 1.807) is 0 Å². The van der Waals surface area contributed by atoms with Crippen LogP contribution in [0.15, 0.2) is 0 Å². The molecule has 0 heterocycles. The zero-order valence-corrected chi connectivity index (χ0v) is 10.8. The summed E-state index contributed by atoms with van der Waals surface area (Å²) in [7, 11) is 0. The van der Waals surface area contributed by atoms with Crippen molar-refractivity contribution in [1.82, 2.24) is 0 Å². The molecule has 0 saturated carbocycles. The van der Waals surface area contributed by atoms with Crippen molar-refractivity contribution in [2.45, 2.75) is 71.8 Å². The van der Waals surface area contributed by atoms with E-state index in [0.717, 1.165) is 38.5 Å². The molecule has 0 aromatic carbocycles. The van der Waals surface area contributed by atoms with Crippen LogP contribution >= 0.6 is 0 Å². The third kappa shape index (κ3) is 9.69. The Morgan fingerprint density at radius 3 is 2.31 bits per heavy atom. The Kier molecular flexibility index (Phi) is 8.87. The van der Waals surface area contributed by atoms with Crippen LogP contribution in [-0.2, 0) is 14.3 Å². The van der Waals surface area contributed by atoms with Gasteiger partial charge in [0.05, 0.1) is 6.10 Å². The molecule has 0 saturated heterocycles. The summed E-state index contributed by atoms with van der Waals surface area (Å²) in [5, 5.41) is 0. The van der Waals surface area contributed by atoms with Gasteiger partial charge in [-0.25, -0.2) is 0 Å². The number of ether oxygens (including phenoxy) is 1. The SMILES string of the molecule is CCCCC(=O)CCCCC(C)OC(C)=O. The number of unbranched alkanes of at least 4 members (excludes halogenated alkanes) is 2. The molecule has 0 N–H and O–H groups in total. The first-order chi connectivity index (χ1) is 7.56. The maximum absolute atomic E-state index is 11.3. The van der Waals surface area contributed by atoms with Gasteiger partial charge in [0.2, 0.25) is 0 Å². The zero-order valence-electron chi connectivity index (χ0n) is 10.8. The molecule has 0 radical (unpaired) electrons. The number of hydrogen-bond acceptors (Lipinski definition) is 3. The van der Waals surface area contributed by atoms with Crippen LogP contribution in [0.2, 0.25) is 0 Å². The molecule has 3 nitrogen and oxygen atoms in total. The molecule has 1 atom stereocenters. The third-order valence-corrected chi connectivity index (χ3v) is 2.49. The van der Waals surface area contributed by atoms with Crippen LogP contribution in [0.3, 0.4) is 0 Å². The van der Waals surface area contributed by atoms with Gasteiger partial charge in [0, 0.05) is 19.8 Å². The second kappa shape index (κ2) is 9.37. The van der Waals surface area contributed by atoms with Crippen molar-refractivity contribution in [3.63, 3.8) is 0 Å². The lowest BCUT2D eigenvalue weighted by Crippen LogP contribution is -2.12. The molecule has 0 fully saturated rings. The van der Waals surface area contributed by atoms with Crippen molar-refractivity contribution < 1.29 is 14.3 Å². The van der Waals surface area contributed by atoms with E-state index in [0.29, 0.717) is 12.2 Å². The van der Waals surface area contributed by atoms with Gasteiger partial charge in [0.25, 0.3) is 0 Å². The molecular formula is C13H24O3. The minimum Gasteiger partial charge on any atom is -0.463 e. The molecule has 0 rings (SSSR count). The van der Waals surface area contributed by atoms with Gasteiger partial charge in [-0.2, -0.15) is 0 Å². The minimum atomic E-state index is -0.230. The van der Waals surface area contributed by atoms with Crippen LogP contribution in [0.4, 0.5) is 0 Å². The van der Waals surface area contributed by atoms with Crippen molar-refractivity contribution in [3.05, 3.63) is 0 Å². The first-order valence-corrected chi connectivity index (χ1v) is 6.25. The summed E-state index contributed by atoms with van der Waals surface area (Å²) in [6.07, 6.45) is 6.16. The predicted molar refractivity (Wildman–Crippen MR) is 64.2 cm³/mol. The Morgan fingerprint density at radius 1 is 1.12 bits per heavy atom. The number of carbonyl (C=O) groups excluding carboxylic acids is 2. The monoisotopic (exact) mass is 228 g/mol. The molecule has 0 aliphatic rings. The molecular weight excluding hydrogens is 204 g/mol. The maximum Gasteiger partial charge on any atom is 0.302 e. The Morgan fingerprint density at radius 2 is 1.75 bits per heavy atom. The highest BCUT2D eigenvalue weighted by molar-refractivity contribution is 5.78. The maximum atomic E-state index is 11.3. The van der Waals surface area contributed by atoms with E-state index in [4.69, 9.17) is 4.74 Å². The highest BCUT2D eigenvalue weighted by atomic mass is 16.5. The minimum absolute atomic E-state index is 0.0248. The Hall–Kier alpha value is -0.860. The summed E-state index contributed by atoms with van der Waals surface area (Å²) >= 11 is 0. The molecule has 0 aliphatic heterocycles. The van der Waals surface area contributed by atoms with Gasteiger partial charge in [-0.3, -0.25) is 9.59 Å². The molecule has 0 bridgehead atoms. The lowest BCUT2D eigenvalue weighted by molar-refractivity contribution is -0.145. The van der Waals surface area contributed by atoms with Crippen molar-refractivity contribution in [3.8, 4) is 0 Å². The van der Waals surface area contributed by atoms with Crippen molar-refractivity contribution >= 4 is 11.8 Å². The average Bonchev–Trinajstić information content (AvgIpc) is 2.20. The van der Waals surface area contributed by atoms with E-state index >= 15 is 0 Å². The third-order valence-electron chi connectivity index (χ3n) is 2.49. The molecule has 0 aromatic heterocycles. The largest absolute Gasteiger partial charge is 0.463 e. The molecule has 0 amide bonds. The molecule has 0 spiro atoms. The number of rotatable bonds is 9. The summed E-state index contributed by atoms with van der Waals surface area (Å²) in [6.45, 7) is 5.40. The van der Waals surface area contributed by atoms with Crippen molar-refractivity contribution in [2.75, 3.05) is 0 Å². The summed E-state index contributed by atoms with van der Waals surface area (Å²) in [4.78, 5) is 22.0. The quantitative estimate of drug-likeness (QED) is 0.449. The van der Waals surface area contributed by atoms with Crippen LogP contribution in [0, 0.1) is 0 Å². The normalized spacial score (nSPS) is 12.2. The second-order valence-electron chi connectivity index (χ2n) is 4.31. The lowest BCUT2D eigenvalue weighted by Gasteiger charge is -2.10. The first kappa shape index (κ1) is 15.1. The topological polar surface area (TPSA) is 43.4 Å². The highest BCUT2D eigenvalue weighted by Gasteiger charge is 2.06. The fourth-order valence-electron chi connectivity index (χ4n) is 1.60. The molecule has 0 aliphatic carbocycles. The van der Waals surface area contributed by atoms with E-state index in [1.807, 2.05) is 6.92 Å². The van der Waals surface area contributed by atoms with Crippen molar-refractivity contribution in [1.29, 1.82) is 0 Å². The van der Waals surface area contributed by atoms with E-state index < -0.39 is 0 Å². The lowest BCUT2D eigenvalue weighted by atomic mass is 10.1. The van der Waals surface area contributed by atoms with Gasteiger partial charge in [0.1, 0.15) is 5.78 Å². The standard InChI is InChI=1S/C13H24O3/c1-4-5-9-13(15)10-7-6-8-11(2)16-12(3)14/h11H,4-10H2,1-3H3. The summed E-state index contributed by atoms with van der Waals surface area (Å²) in [6, 6.07) is 0. The zero-order chi connectivity index (χ0) is 12.4. The number of esters is 1. The molecule has 1 unspecified atom stereocenters. The van der Waals surface area contributed by atoms with Crippen LogP contribution in [0.5, 0.6) is 0 Å². The molecule has 0 aromatic rings. The van der Waals surface area contributed by atoms with Gasteiger partial charge in [0.15, 0.2) is 0 Å².